The van der Waals surface area contributed by atoms with Crippen molar-refractivity contribution in [1.82, 2.24) is 4.90 Å². The van der Waals surface area contributed by atoms with Gasteiger partial charge in [-0.05, 0) is 37.0 Å². The van der Waals surface area contributed by atoms with Gasteiger partial charge in [-0.1, -0.05) is 18.2 Å². The quantitative estimate of drug-likeness (QED) is 0.857. The van der Waals surface area contributed by atoms with Gasteiger partial charge in [-0.2, -0.15) is 13.2 Å². The lowest BCUT2D eigenvalue weighted by Crippen LogP contribution is -2.39. The third-order valence-corrected chi connectivity index (χ3v) is 4.15. The van der Waals surface area contributed by atoms with Crippen LogP contribution in [0.4, 0.5) is 13.2 Å². The molecule has 24 heavy (non-hydrogen) atoms. The van der Waals surface area contributed by atoms with Crippen LogP contribution in [0.25, 0.3) is 5.57 Å². The van der Waals surface area contributed by atoms with Crippen LogP contribution in [0, 0.1) is 5.92 Å². The lowest BCUT2D eigenvalue weighted by molar-refractivity contribution is -0.144. The number of alkyl halides is 3. The van der Waals surface area contributed by atoms with Crippen molar-refractivity contribution in [3.8, 4) is 0 Å². The van der Waals surface area contributed by atoms with Gasteiger partial charge in [-0.15, -0.1) is 0 Å². The highest BCUT2D eigenvalue weighted by molar-refractivity contribution is 5.95. The molecule has 1 fully saturated rings. The minimum absolute atomic E-state index is 0.0289. The fourth-order valence-electron chi connectivity index (χ4n) is 2.78. The van der Waals surface area contributed by atoms with Crippen molar-refractivity contribution in [3.63, 3.8) is 0 Å². The molecular formula is C17H18F3NO3. The molecule has 1 aliphatic rings. The molecule has 1 amide bonds. The highest BCUT2D eigenvalue weighted by Crippen LogP contribution is 2.34. The van der Waals surface area contributed by atoms with E-state index < -0.39 is 29.5 Å². The van der Waals surface area contributed by atoms with Gasteiger partial charge < -0.3 is 10.0 Å². The first-order valence-electron chi connectivity index (χ1n) is 7.56. The molecule has 0 unspecified atom stereocenters. The second-order valence-corrected chi connectivity index (χ2v) is 5.81. The van der Waals surface area contributed by atoms with Gasteiger partial charge in [0, 0.05) is 19.2 Å². The molecule has 0 aliphatic carbocycles. The number of halogens is 3. The number of rotatable bonds is 3. The van der Waals surface area contributed by atoms with Crippen LogP contribution >= 0.6 is 0 Å². The highest BCUT2D eigenvalue weighted by atomic mass is 19.4. The predicted molar refractivity (Wildman–Crippen MR) is 82.0 cm³/mol. The van der Waals surface area contributed by atoms with Gasteiger partial charge in [0.2, 0.25) is 5.91 Å². The van der Waals surface area contributed by atoms with Crippen molar-refractivity contribution in [1.29, 1.82) is 0 Å². The van der Waals surface area contributed by atoms with E-state index in [1.54, 1.807) is 0 Å². The Morgan fingerprint density at radius 1 is 1.21 bits per heavy atom. The molecule has 1 heterocycles. The van der Waals surface area contributed by atoms with E-state index in [0.29, 0.717) is 25.9 Å². The largest absolute Gasteiger partial charge is 0.481 e. The summed E-state index contributed by atoms with van der Waals surface area (Å²) in [7, 11) is 0. The molecule has 4 nitrogen and oxygen atoms in total. The van der Waals surface area contributed by atoms with E-state index in [1.165, 1.54) is 36.1 Å². The van der Waals surface area contributed by atoms with Crippen molar-refractivity contribution in [3.05, 3.63) is 41.5 Å². The molecule has 1 aliphatic heterocycles. The minimum Gasteiger partial charge on any atom is -0.481 e. The van der Waals surface area contributed by atoms with Gasteiger partial charge in [-0.25, -0.2) is 0 Å². The summed E-state index contributed by atoms with van der Waals surface area (Å²) >= 11 is 0. The average Bonchev–Trinajstić information content (AvgIpc) is 2.54. The molecule has 0 aromatic heterocycles. The molecule has 0 bridgehead atoms. The zero-order valence-corrected chi connectivity index (χ0v) is 13.1. The lowest BCUT2D eigenvalue weighted by atomic mass is 9.96. The molecular weight excluding hydrogens is 323 g/mol. The summed E-state index contributed by atoms with van der Waals surface area (Å²) in [5.41, 5.74) is -0.580. The number of benzene rings is 1. The third kappa shape index (κ3) is 4.15. The van der Waals surface area contributed by atoms with Crippen molar-refractivity contribution in [2.24, 2.45) is 5.92 Å². The summed E-state index contributed by atoms with van der Waals surface area (Å²) in [6, 6.07) is 5.11. The van der Waals surface area contributed by atoms with Crippen molar-refractivity contribution < 1.29 is 27.9 Å². The van der Waals surface area contributed by atoms with E-state index in [9.17, 15) is 22.8 Å². The monoisotopic (exact) mass is 341 g/mol. The number of allylic oxidation sites excluding steroid dienone is 1. The fraction of sp³-hybridized carbons (Fsp3) is 0.412. The average molecular weight is 341 g/mol. The second-order valence-electron chi connectivity index (χ2n) is 5.81. The Morgan fingerprint density at radius 3 is 2.33 bits per heavy atom. The van der Waals surface area contributed by atoms with E-state index in [2.05, 4.69) is 0 Å². The summed E-state index contributed by atoms with van der Waals surface area (Å²) in [6.45, 7) is 2.05. The van der Waals surface area contributed by atoms with Crippen LogP contribution in [0.2, 0.25) is 0 Å². The van der Waals surface area contributed by atoms with Crippen molar-refractivity contribution >= 4 is 17.4 Å². The summed E-state index contributed by atoms with van der Waals surface area (Å²) < 4.78 is 39.1. The first-order chi connectivity index (χ1) is 11.2. The SMILES string of the molecule is C/C(=C/C(=O)N1CCC(C(=O)O)CC1)c1ccccc1C(F)(F)F. The predicted octanol–water partition coefficient (Wildman–Crippen LogP) is 3.43. The lowest BCUT2D eigenvalue weighted by Gasteiger charge is -2.29. The number of amides is 1. The van der Waals surface area contributed by atoms with Crippen molar-refractivity contribution in [2.45, 2.75) is 25.9 Å². The summed E-state index contributed by atoms with van der Waals surface area (Å²) in [4.78, 5) is 24.6. The van der Waals surface area contributed by atoms with Crippen molar-refractivity contribution in [2.75, 3.05) is 13.1 Å². The summed E-state index contributed by atoms with van der Waals surface area (Å²) in [5, 5.41) is 8.94. The highest BCUT2D eigenvalue weighted by Gasteiger charge is 2.33. The van der Waals surface area contributed by atoms with E-state index in [-0.39, 0.29) is 11.1 Å². The maximum absolute atomic E-state index is 13.0. The van der Waals surface area contributed by atoms with E-state index in [1.807, 2.05) is 0 Å². The Hall–Kier alpha value is -2.31. The van der Waals surface area contributed by atoms with Crippen LogP contribution in [-0.4, -0.2) is 35.0 Å². The van der Waals surface area contributed by atoms with Gasteiger partial charge in [0.05, 0.1) is 11.5 Å². The number of likely N-dealkylation sites (tertiary alicyclic amines) is 1. The van der Waals surface area contributed by atoms with Crippen LogP contribution in [0.5, 0.6) is 0 Å². The van der Waals surface area contributed by atoms with Gasteiger partial charge in [0.25, 0.3) is 0 Å². The minimum atomic E-state index is -4.49. The van der Waals surface area contributed by atoms with E-state index >= 15 is 0 Å². The smallest absolute Gasteiger partial charge is 0.416 e. The Morgan fingerprint density at radius 2 is 1.79 bits per heavy atom. The Kier molecular flexibility index (Phi) is 5.31. The standard InChI is InChI=1S/C17H18F3NO3/c1-11(13-4-2-3-5-14(13)17(18,19)20)10-15(22)21-8-6-12(7-9-21)16(23)24/h2-5,10,12H,6-9H2,1H3,(H,23,24)/b11-10-. The number of carbonyl (C=O) groups excluding carboxylic acids is 1. The van der Waals surface area contributed by atoms with Gasteiger partial charge in [0.1, 0.15) is 0 Å². The molecule has 1 N–H and O–H groups in total. The van der Waals surface area contributed by atoms with Crippen LogP contribution in [0.15, 0.2) is 30.3 Å². The number of carboxylic acids is 1. The van der Waals surface area contributed by atoms with Gasteiger partial charge in [0.15, 0.2) is 0 Å². The first kappa shape index (κ1) is 18.0. The van der Waals surface area contributed by atoms with Gasteiger partial charge >= 0.3 is 12.1 Å². The Labute approximate surface area is 137 Å². The number of carbonyl (C=O) groups is 2. The van der Waals surface area contributed by atoms with E-state index in [4.69, 9.17) is 5.11 Å². The molecule has 2 rings (SSSR count). The summed E-state index contributed by atoms with van der Waals surface area (Å²) in [5.74, 6) is -1.74. The number of hydrogen-bond donors (Lipinski definition) is 1. The fourth-order valence-corrected chi connectivity index (χ4v) is 2.78. The zero-order valence-electron chi connectivity index (χ0n) is 13.1. The molecule has 1 aromatic carbocycles. The molecule has 1 aromatic rings. The van der Waals surface area contributed by atoms with Crippen LogP contribution < -0.4 is 0 Å². The van der Waals surface area contributed by atoms with Crippen LogP contribution in [0.1, 0.15) is 30.9 Å². The van der Waals surface area contributed by atoms with E-state index in [0.717, 1.165) is 6.07 Å². The Bertz CT molecular complexity index is 659. The van der Waals surface area contributed by atoms with Crippen LogP contribution in [-0.2, 0) is 15.8 Å². The molecule has 0 spiro atoms. The third-order valence-electron chi connectivity index (χ3n) is 4.15. The molecule has 0 atom stereocenters. The molecule has 7 heteroatoms. The molecule has 0 saturated carbocycles. The maximum Gasteiger partial charge on any atom is 0.416 e. The van der Waals surface area contributed by atoms with Crippen LogP contribution in [0.3, 0.4) is 0 Å². The Balaban J connectivity index is 2.15. The molecule has 130 valence electrons. The first-order valence-corrected chi connectivity index (χ1v) is 7.56. The summed E-state index contributed by atoms with van der Waals surface area (Å²) in [6.07, 6.45) is -2.60. The molecule has 0 radical (unpaired) electrons. The molecule has 1 saturated heterocycles. The van der Waals surface area contributed by atoms with Gasteiger partial charge in [-0.3, -0.25) is 9.59 Å². The number of piperidine rings is 1. The maximum atomic E-state index is 13.0. The topological polar surface area (TPSA) is 57.6 Å². The number of carboxylic acid groups (broad SMARTS) is 1. The zero-order chi connectivity index (χ0) is 17.9. The normalized spacial score (nSPS) is 17.0. The number of nitrogens with zero attached hydrogens (tertiary/aromatic N) is 1. The number of aliphatic carboxylic acids is 1. The number of hydrogen-bond acceptors (Lipinski definition) is 2. The second kappa shape index (κ2) is 7.07.